The molecule has 3 rings (SSSR count). The van der Waals surface area contributed by atoms with Gasteiger partial charge in [0.15, 0.2) is 23.0 Å². The molecule has 0 atom stereocenters. The van der Waals surface area contributed by atoms with Crippen LogP contribution in [0.5, 0.6) is 34.5 Å². The first-order chi connectivity index (χ1) is 14.5. The zero-order chi connectivity index (χ0) is 22.8. The third kappa shape index (κ3) is 12.7. The number of phosphoric acid groups is 2. The standard InChI is InChI=1S/C17H18O12P2.4K/c1-24-12-6-5-11(15(28-30(18,19)20)17(12)29-31(21,22)23)4-3-10-7-13(25-2)16-14(8-10)26-9-27-16;;;;/h3-8H,9H2,1-2H3,(H2,18,19,20)(H2,21,22,23);;;;/q;4*+1/p-4/b4-3-;;;;. The summed E-state index contributed by atoms with van der Waals surface area (Å²) < 4.78 is 51.7. The molecule has 0 spiro atoms. The number of hydrogen-bond acceptors (Lipinski definition) is 12. The van der Waals surface area contributed by atoms with Gasteiger partial charge in [-0.1, -0.05) is 12.2 Å². The van der Waals surface area contributed by atoms with Gasteiger partial charge in [-0.25, -0.2) is 0 Å². The minimum absolute atomic E-state index is 0. The zero-order valence-electron chi connectivity index (χ0n) is 20.0. The van der Waals surface area contributed by atoms with E-state index in [9.17, 15) is 28.7 Å². The van der Waals surface area contributed by atoms with Crippen molar-refractivity contribution in [2.45, 2.75) is 0 Å². The van der Waals surface area contributed by atoms with Crippen LogP contribution in [0.2, 0.25) is 0 Å². The molecule has 12 nitrogen and oxygen atoms in total. The molecule has 0 aromatic heterocycles. The van der Waals surface area contributed by atoms with E-state index >= 15 is 0 Å². The molecule has 0 amide bonds. The summed E-state index contributed by atoms with van der Waals surface area (Å²) in [5.41, 5.74) is 0.406. The molecule has 0 fully saturated rings. The van der Waals surface area contributed by atoms with Crippen LogP contribution in [0.15, 0.2) is 24.3 Å². The van der Waals surface area contributed by atoms with Crippen molar-refractivity contribution in [2.75, 3.05) is 21.0 Å². The van der Waals surface area contributed by atoms with Crippen LogP contribution in [0.25, 0.3) is 12.2 Å². The molecule has 1 heterocycles. The molecule has 35 heavy (non-hydrogen) atoms. The van der Waals surface area contributed by atoms with Crippen molar-refractivity contribution in [2.24, 2.45) is 0 Å². The van der Waals surface area contributed by atoms with Crippen molar-refractivity contribution in [1.82, 2.24) is 0 Å². The summed E-state index contributed by atoms with van der Waals surface area (Å²) in [4.78, 5) is 44.7. The van der Waals surface area contributed by atoms with E-state index in [1.54, 1.807) is 12.1 Å². The molecule has 2 aromatic rings. The van der Waals surface area contributed by atoms with Crippen LogP contribution in [0.4, 0.5) is 0 Å². The molecule has 0 bridgehead atoms. The van der Waals surface area contributed by atoms with Gasteiger partial charge in [0, 0.05) is 5.56 Å². The molecule has 0 saturated carbocycles. The molecule has 0 saturated heterocycles. The van der Waals surface area contributed by atoms with Gasteiger partial charge in [-0.2, -0.15) is 0 Å². The number of ether oxygens (including phenoxy) is 4. The third-order valence-corrected chi connectivity index (χ3v) is 4.68. The van der Waals surface area contributed by atoms with Gasteiger partial charge in [0.1, 0.15) is 15.6 Å². The quantitative estimate of drug-likeness (QED) is 0.153. The van der Waals surface area contributed by atoms with Crippen LogP contribution in [-0.4, -0.2) is 21.0 Å². The van der Waals surface area contributed by atoms with Gasteiger partial charge in [0.05, 0.1) is 14.2 Å². The molecule has 1 aliphatic rings. The second-order valence-electron chi connectivity index (χ2n) is 5.88. The normalized spacial score (nSPS) is 11.8. The number of fused-ring (bicyclic) bond motifs is 1. The fourth-order valence-electron chi connectivity index (χ4n) is 2.69. The maximum atomic E-state index is 11.2. The van der Waals surface area contributed by atoms with Gasteiger partial charge >= 0.3 is 206 Å². The molecular formula is C17H14K4O12P2. The van der Waals surface area contributed by atoms with Crippen molar-refractivity contribution < 1.29 is 262 Å². The van der Waals surface area contributed by atoms with Crippen LogP contribution in [0.1, 0.15) is 11.1 Å². The van der Waals surface area contributed by atoms with Crippen LogP contribution in [0.3, 0.4) is 0 Å². The van der Waals surface area contributed by atoms with E-state index in [4.69, 9.17) is 18.9 Å². The van der Waals surface area contributed by atoms with Gasteiger partial charge in [-0.05, 0) is 29.8 Å². The number of rotatable bonds is 8. The molecule has 168 valence electrons. The van der Waals surface area contributed by atoms with Gasteiger partial charge in [0.2, 0.25) is 18.3 Å². The molecule has 0 unspecified atom stereocenters. The van der Waals surface area contributed by atoms with E-state index in [1.165, 1.54) is 31.4 Å². The van der Waals surface area contributed by atoms with Crippen molar-refractivity contribution in [3.8, 4) is 34.5 Å². The van der Waals surface area contributed by atoms with E-state index in [0.717, 1.165) is 7.11 Å². The van der Waals surface area contributed by atoms with Gasteiger partial charge < -0.3 is 56.7 Å². The molecular weight excluding hydrogens is 615 g/mol. The fourth-order valence-corrected chi connectivity index (χ4v) is 3.50. The minimum atomic E-state index is -5.68. The Labute approximate surface area is 371 Å². The van der Waals surface area contributed by atoms with Gasteiger partial charge in [-0.3, -0.25) is 0 Å². The Kier molecular flexibility index (Phi) is 21.5. The van der Waals surface area contributed by atoms with Gasteiger partial charge in [-0.15, -0.1) is 0 Å². The fraction of sp³-hybridized carbons (Fsp3) is 0.176. The van der Waals surface area contributed by atoms with Crippen molar-refractivity contribution >= 4 is 27.8 Å². The monoisotopic (exact) mass is 628 g/mol. The first kappa shape index (κ1) is 41.0. The Bertz CT molecular complexity index is 1120. The number of methoxy groups -OCH3 is 2. The summed E-state index contributed by atoms with van der Waals surface area (Å²) in [6, 6.07) is 5.63. The smallest absolute Gasteiger partial charge is 0.780 e. The molecule has 1 aliphatic heterocycles. The maximum Gasteiger partial charge on any atom is 1.00 e. The average Bonchev–Trinajstić information content (AvgIpc) is 3.14. The molecule has 0 radical (unpaired) electrons. The van der Waals surface area contributed by atoms with Gasteiger partial charge in [0.25, 0.3) is 0 Å². The minimum Gasteiger partial charge on any atom is -0.780 e. The van der Waals surface area contributed by atoms with E-state index in [0.29, 0.717) is 22.8 Å². The zero-order valence-corrected chi connectivity index (χ0v) is 34.2. The topological polar surface area (TPSA) is 182 Å². The van der Waals surface area contributed by atoms with Crippen LogP contribution in [-0.2, 0) is 9.13 Å². The number of hydrogen-bond donors (Lipinski definition) is 0. The third-order valence-electron chi connectivity index (χ3n) is 3.87. The Morgan fingerprint density at radius 1 is 0.800 bits per heavy atom. The molecule has 2 aromatic carbocycles. The summed E-state index contributed by atoms with van der Waals surface area (Å²) in [5.74, 6) is -0.887. The second-order valence-corrected chi connectivity index (χ2v) is 8.04. The predicted molar refractivity (Wildman–Crippen MR) is 97.5 cm³/mol. The number of benzene rings is 2. The van der Waals surface area contributed by atoms with E-state index in [2.05, 4.69) is 9.05 Å². The Balaban J connectivity index is 0. The first-order valence-corrected chi connectivity index (χ1v) is 11.2. The molecule has 18 heteroatoms. The Morgan fingerprint density at radius 3 is 1.91 bits per heavy atom. The molecule has 0 aliphatic carbocycles. The van der Waals surface area contributed by atoms with E-state index < -0.39 is 27.1 Å². The van der Waals surface area contributed by atoms with Crippen LogP contribution >= 0.6 is 15.6 Å². The summed E-state index contributed by atoms with van der Waals surface area (Å²) in [7, 11) is -8.81. The van der Waals surface area contributed by atoms with Crippen molar-refractivity contribution in [1.29, 1.82) is 0 Å². The Hall–Kier alpha value is 3.83. The van der Waals surface area contributed by atoms with Crippen molar-refractivity contribution in [3.05, 3.63) is 35.4 Å². The predicted octanol–water partition coefficient (Wildman–Crippen LogP) is -12.0. The Morgan fingerprint density at radius 2 is 1.37 bits per heavy atom. The van der Waals surface area contributed by atoms with Crippen LogP contribution in [0, 0.1) is 0 Å². The average molecular weight is 629 g/mol. The van der Waals surface area contributed by atoms with Crippen LogP contribution < -0.4 is 253 Å². The first-order valence-electron chi connectivity index (χ1n) is 8.31. The largest absolute Gasteiger partial charge is 1.00 e. The number of phosphoric ester groups is 2. The SMILES string of the molecule is COc1cc(/C=C\c2ccc(OC)c(OP(=O)([O-])[O-])c2OP(=O)([O-])[O-])cc2c1OCO2.[K+].[K+].[K+].[K+]. The summed E-state index contributed by atoms with van der Waals surface area (Å²) in [5, 5.41) is 0. The summed E-state index contributed by atoms with van der Waals surface area (Å²) in [6.45, 7) is 0.00274. The van der Waals surface area contributed by atoms with E-state index in [-0.39, 0.29) is 224 Å². The van der Waals surface area contributed by atoms with Crippen molar-refractivity contribution in [3.63, 3.8) is 0 Å². The summed E-state index contributed by atoms with van der Waals surface area (Å²) >= 11 is 0. The maximum absolute atomic E-state index is 11.2. The summed E-state index contributed by atoms with van der Waals surface area (Å²) in [6.07, 6.45) is 2.74. The van der Waals surface area contributed by atoms with E-state index in [1.807, 2.05) is 0 Å². The second kappa shape index (κ2) is 18.4. The molecule has 0 N–H and O–H groups in total.